The van der Waals surface area contributed by atoms with Crippen LogP contribution in [-0.4, -0.2) is 0 Å². The summed E-state index contributed by atoms with van der Waals surface area (Å²) in [6.45, 7) is 6.77. The highest BCUT2D eigenvalue weighted by molar-refractivity contribution is 5.37. The van der Waals surface area contributed by atoms with Crippen molar-refractivity contribution in [1.82, 2.24) is 0 Å². The van der Waals surface area contributed by atoms with Crippen LogP contribution in [0.15, 0.2) is 18.2 Å². The summed E-state index contributed by atoms with van der Waals surface area (Å²) >= 11 is 0. The fourth-order valence-corrected chi connectivity index (χ4v) is 3.33. The first-order valence-electron chi connectivity index (χ1n) is 6.39. The lowest BCUT2D eigenvalue weighted by molar-refractivity contribution is 0.252. The maximum absolute atomic E-state index is 13.4. The van der Waals surface area contributed by atoms with Crippen molar-refractivity contribution in [1.29, 1.82) is 0 Å². The molecule has 0 aromatic heterocycles. The Hall–Kier alpha value is -0.850. The summed E-state index contributed by atoms with van der Waals surface area (Å²) in [6.07, 6.45) is 4.67. The van der Waals surface area contributed by atoms with Gasteiger partial charge in [0, 0.05) is 0 Å². The average molecular weight is 220 g/mol. The number of aryl methyl sites for hydroxylation is 1. The minimum atomic E-state index is -0.0841. The van der Waals surface area contributed by atoms with Gasteiger partial charge in [0.2, 0.25) is 0 Å². The van der Waals surface area contributed by atoms with Crippen LogP contribution in [0.25, 0.3) is 0 Å². The van der Waals surface area contributed by atoms with E-state index in [2.05, 4.69) is 20.8 Å². The van der Waals surface area contributed by atoms with Crippen LogP contribution in [-0.2, 0) is 11.8 Å². The molecule has 1 heteroatoms. The van der Waals surface area contributed by atoms with Crippen LogP contribution >= 0.6 is 0 Å². The van der Waals surface area contributed by atoms with Crippen LogP contribution in [0.5, 0.6) is 0 Å². The third-order valence-corrected chi connectivity index (χ3v) is 4.41. The molecule has 0 bridgehead atoms. The minimum Gasteiger partial charge on any atom is -0.207 e. The first kappa shape index (κ1) is 11.6. The number of halogens is 1. The lowest BCUT2D eigenvalue weighted by atomic mass is 9.62. The Morgan fingerprint density at radius 2 is 2.12 bits per heavy atom. The van der Waals surface area contributed by atoms with Crippen LogP contribution in [0, 0.1) is 11.7 Å². The van der Waals surface area contributed by atoms with Gasteiger partial charge in [0.25, 0.3) is 0 Å². The van der Waals surface area contributed by atoms with E-state index in [1.54, 1.807) is 12.1 Å². The summed E-state index contributed by atoms with van der Waals surface area (Å²) in [6, 6.07) is 5.36. The van der Waals surface area contributed by atoms with Crippen LogP contribution in [0.1, 0.15) is 51.2 Å². The summed E-state index contributed by atoms with van der Waals surface area (Å²) in [4.78, 5) is 0. The molecule has 2 rings (SSSR count). The van der Waals surface area contributed by atoms with Crippen molar-refractivity contribution in [3.8, 4) is 0 Å². The smallest absolute Gasteiger partial charge is 0.123 e. The van der Waals surface area contributed by atoms with Gasteiger partial charge in [-0.25, -0.2) is 4.39 Å². The van der Waals surface area contributed by atoms with Crippen molar-refractivity contribution in [2.45, 2.75) is 51.9 Å². The molecule has 1 atom stereocenters. The molecule has 1 unspecified atom stereocenters. The van der Waals surface area contributed by atoms with E-state index in [0.717, 1.165) is 12.8 Å². The lowest BCUT2D eigenvalue weighted by Crippen LogP contribution is -2.35. The van der Waals surface area contributed by atoms with E-state index < -0.39 is 0 Å². The second-order valence-corrected chi connectivity index (χ2v) is 5.32. The predicted molar refractivity (Wildman–Crippen MR) is 66.1 cm³/mol. The molecule has 88 valence electrons. The highest BCUT2D eigenvalue weighted by atomic mass is 19.1. The van der Waals surface area contributed by atoms with Crippen molar-refractivity contribution < 1.29 is 4.39 Å². The normalized spacial score (nSPS) is 24.6. The van der Waals surface area contributed by atoms with Crippen molar-refractivity contribution in [3.05, 3.63) is 35.1 Å². The molecule has 0 spiro atoms. The molecule has 1 aliphatic carbocycles. The number of hydrogen-bond acceptors (Lipinski definition) is 0. The topological polar surface area (TPSA) is 0 Å². The van der Waals surface area contributed by atoms with Crippen LogP contribution < -0.4 is 0 Å². The number of fused-ring (bicyclic) bond motifs is 1. The van der Waals surface area contributed by atoms with Crippen molar-refractivity contribution in [2.75, 3.05) is 0 Å². The lowest BCUT2D eigenvalue weighted by Gasteiger charge is -2.42. The summed E-state index contributed by atoms with van der Waals surface area (Å²) in [5, 5.41) is 0. The molecular weight excluding hydrogens is 199 g/mol. The molecule has 1 aliphatic rings. The van der Waals surface area contributed by atoms with Crippen LogP contribution in [0.2, 0.25) is 0 Å². The van der Waals surface area contributed by atoms with E-state index >= 15 is 0 Å². The first-order valence-corrected chi connectivity index (χ1v) is 6.39. The summed E-state index contributed by atoms with van der Waals surface area (Å²) in [5.74, 6) is 0.498. The fourth-order valence-electron chi connectivity index (χ4n) is 3.33. The molecule has 0 nitrogen and oxygen atoms in total. The van der Waals surface area contributed by atoms with Gasteiger partial charge in [-0.1, -0.05) is 26.8 Å². The van der Waals surface area contributed by atoms with Crippen molar-refractivity contribution >= 4 is 0 Å². The van der Waals surface area contributed by atoms with Crippen LogP contribution in [0.3, 0.4) is 0 Å². The SMILES string of the molecule is CCC1(C(C)C)CCCc2ccc(F)cc21. The van der Waals surface area contributed by atoms with Gasteiger partial charge >= 0.3 is 0 Å². The second-order valence-electron chi connectivity index (χ2n) is 5.32. The van der Waals surface area contributed by atoms with Gasteiger partial charge < -0.3 is 0 Å². The van der Waals surface area contributed by atoms with E-state index in [9.17, 15) is 4.39 Å². The van der Waals surface area contributed by atoms with Crippen LogP contribution in [0.4, 0.5) is 4.39 Å². The maximum atomic E-state index is 13.4. The molecule has 1 aromatic carbocycles. The summed E-state index contributed by atoms with van der Waals surface area (Å²) < 4.78 is 13.4. The molecule has 0 saturated heterocycles. The molecule has 0 N–H and O–H groups in total. The molecule has 0 saturated carbocycles. The Labute approximate surface area is 97.9 Å². The molecule has 0 amide bonds. The molecule has 0 radical (unpaired) electrons. The zero-order valence-corrected chi connectivity index (χ0v) is 10.5. The standard InChI is InChI=1S/C15H21F/c1-4-15(11(2)3)9-5-6-12-7-8-13(16)10-14(12)15/h7-8,10-11H,4-6,9H2,1-3H3. The fraction of sp³-hybridized carbons (Fsp3) is 0.600. The van der Waals surface area contributed by atoms with Gasteiger partial charge in [-0.3, -0.25) is 0 Å². The molecule has 0 aliphatic heterocycles. The maximum Gasteiger partial charge on any atom is 0.123 e. The van der Waals surface area contributed by atoms with Crippen molar-refractivity contribution in [3.63, 3.8) is 0 Å². The number of benzene rings is 1. The average Bonchev–Trinajstić information content (AvgIpc) is 2.27. The quantitative estimate of drug-likeness (QED) is 0.690. The molecular formula is C15H21F. The Bertz CT molecular complexity index is 381. The molecule has 0 heterocycles. The molecule has 0 fully saturated rings. The number of rotatable bonds is 2. The van der Waals surface area contributed by atoms with E-state index in [0.29, 0.717) is 5.92 Å². The number of hydrogen-bond donors (Lipinski definition) is 0. The van der Waals surface area contributed by atoms with E-state index in [1.165, 1.54) is 24.0 Å². The van der Waals surface area contributed by atoms with Crippen molar-refractivity contribution in [2.24, 2.45) is 5.92 Å². The first-order chi connectivity index (χ1) is 7.60. The van der Waals surface area contributed by atoms with Gasteiger partial charge in [0.05, 0.1) is 0 Å². The molecule has 1 aromatic rings. The monoisotopic (exact) mass is 220 g/mol. The molecule has 16 heavy (non-hydrogen) atoms. The highest BCUT2D eigenvalue weighted by Crippen LogP contribution is 2.45. The predicted octanol–water partition coefficient (Wildman–Crippen LogP) is 4.47. The largest absolute Gasteiger partial charge is 0.207 e. The Morgan fingerprint density at radius 3 is 2.75 bits per heavy atom. The zero-order valence-electron chi connectivity index (χ0n) is 10.5. The Morgan fingerprint density at radius 1 is 1.38 bits per heavy atom. The highest BCUT2D eigenvalue weighted by Gasteiger charge is 2.37. The van der Waals surface area contributed by atoms with E-state index in [1.807, 2.05) is 6.07 Å². The van der Waals surface area contributed by atoms with Gasteiger partial charge in [0.15, 0.2) is 0 Å². The summed E-state index contributed by atoms with van der Waals surface area (Å²) in [7, 11) is 0. The Kier molecular flexibility index (Phi) is 3.05. The zero-order chi connectivity index (χ0) is 11.8. The van der Waals surface area contributed by atoms with Gasteiger partial charge in [-0.15, -0.1) is 0 Å². The van der Waals surface area contributed by atoms with Gasteiger partial charge in [-0.2, -0.15) is 0 Å². The second kappa shape index (κ2) is 4.20. The summed E-state index contributed by atoms with van der Waals surface area (Å²) in [5.41, 5.74) is 2.84. The van der Waals surface area contributed by atoms with Gasteiger partial charge in [0.1, 0.15) is 5.82 Å². The Balaban J connectivity index is 2.56. The van der Waals surface area contributed by atoms with Gasteiger partial charge in [-0.05, 0) is 60.3 Å². The third kappa shape index (κ3) is 1.66. The van der Waals surface area contributed by atoms with E-state index in [4.69, 9.17) is 0 Å². The third-order valence-electron chi connectivity index (χ3n) is 4.41. The minimum absolute atomic E-state index is 0.0841. The van der Waals surface area contributed by atoms with E-state index in [-0.39, 0.29) is 11.2 Å².